The molecule has 2 amide bonds. The van der Waals surface area contributed by atoms with E-state index in [0.717, 1.165) is 36.3 Å². The van der Waals surface area contributed by atoms with Crippen molar-refractivity contribution in [2.45, 2.75) is 18.4 Å². The SMILES string of the molecule is O=C(Nc1ccc(F)cc1F)N1CCC2(CC1)Nc1ccccc1-n1cccc12. The second-order valence-electron chi connectivity index (χ2n) is 7.53. The monoisotopic (exact) mass is 394 g/mol. The number of likely N-dealkylation sites (tertiary alicyclic amines) is 1. The van der Waals surface area contributed by atoms with Crippen LogP contribution in [0.15, 0.2) is 60.8 Å². The third kappa shape index (κ3) is 2.93. The highest BCUT2D eigenvalue weighted by Crippen LogP contribution is 2.43. The van der Waals surface area contributed by atoms with Crippen LogP contribution in [0.3, 0.4) is 0 Å². The molecule has 1 fully saturated rings. The summed E-state index contributed by atoms with van der Waals surface area (Å²) in [5.41, 5.74) is 3.10. The lowest BCUT2D eigenvalue weighted by atomic mass is 9.82. The summed E-state index contributed by atoms with van der Waals surface area (Å²) in [5.74, 6) is -1.46. The molecule has 2 N–H and O–H groups in total. The molecule has 7 heteroatoms. The number of fused-ring (bicyclic) bond motifs is 4. The zero-order valence-corrected chi connectivity index (χ0v) is 15.7. The first-order valence-corrected chi connectivity index (χ1v) is 9.62. The lowest BCUT2D eigenvalue weighted by molar-refractivity contribution is 0.174. The lowest BCUT2D eigenvalue weighted by Crippen LogP contribution is -2.51. The van der Waals surface area contributed by atoms with E-state index in [4.69, 9.17) is 0 Å². The molecule has 0 unspecified atom stereocenters. The van der Waals surface area contributed by atoms with Gasteiger partial charge in [-0.15, -0.1) is 0 Å². The van der Waals surface area contributed by atoms with Gasteiger partial charge in [-0.25, -0.2) is 13.6 Å². The maximum absolute atomic E-state index is 13.8. The van der Waals surface area contributed by atoms with E-state index in [1.165, 1.54) is 11.8 Å². The Labute approximate surface area is 166 Å². The first-order chi connectivity index (χ1) is 14.1. The minimum atomic E-state index is -0.782. The predicted molar refractivity (Wildman–Crippen MR) is 107 cm³/mol. The second kappa shape index (κ2) is 6.62. The zero-order chi connectivity index (χ0) is 20.0. The topological polar surface area (TPSA) is 49.3 Å². The fourth-order valence-electron chi connectivity index (χ4n) is 4.35. The predicted octanol–water partition coefficient (Wildman–Crippen LogP) is 4.70. The van der Waals surface area contributed by atoms with E-state index >= 15 is 0 Å². The summed E-state index contributed by atoms with van der Waals surface area (Å²) in [5, 5.41) is 6.25. The number of anilines is 2. The van der Waals surface area contributed by atoms with Gasteiger partial charge in [0.15, 0.2) is 0 Å². The first-order valence-electron chi connectivity index (χ1n) is 9.62. The second-order valence-corrected chi connectivity index (χ2v) is 7.53. The van der Waals surface area contributed by atoms with E-state index in [1.807, 2.05) is 18.2 Å². The first kappa shape index (κ1) is 17.7. The fourth-order valence-corrected chi connectivity index (χ4v) is 4.35. The van der Waals surface area contributed by atoms with Crippen molar-refractivity contribution in [1.82, 2.24) is 9.47 Å². The average Bonchev–Trinajstić information content (AvgIpc) is 3.22. The number of nitrogens with zero attached hydrogens (tertiary/aromatic N) is 2. The molecule has 0 aliphatic carbocycles. The number of aromatic nitrogens is 1. The number of para-hydroxylation sites is 2. The summed E-state index contributed by atoms with van der Waals surface area (Å²) in [6, 6.07) is 15.1. The smallest absolute Gasteiger partial charge is 0.321 e. The third-order valence-electron chi connectivity index (χ3n) is 5.85. The molecule has 1 saturated heterocycles. The van der Waals surface area contributed by atoms with Crippen LogP contribution >= 0.6 is 0 Å². The number of piperidine rings is 1. The van der Waals surface area contributed by atoms with Gasteiger partial charge in [0.05, 0.1) is 22.6 Å². The van der Waals surface area contributed by atoms with Crippen molar-refractivity contribution >= 4 is 17.4 Å². The molecule has 148 valence electrons. The van der Waals surface area contributed by atoms with Crippen LogP contribution in [0.1, 0.15) is 18.5 Å². The fraction of sp³-hybridized carbons (Fsp3) is 0.227. The normalized spacial score (nSPS) is 16.7. The standard InChI is InChI=1S/C22H20F2N4O/c23-15-7-8-17(16(24)14-15)25-21(29)27-12-9-22(10-13-27)20-6-3-11-28(20)19-5-2-1-4-18(19)26-22/h1-8,11,14,26H,9-10,12-13H2,(H,25,29). The summed E-state index contributed by atoms with van der Waals surface area (Å²) >= 11 is 0. The maximum Gasteiger partial charge on any atom is 0.321 e. The number of nitrogens with one attached hydrogen (secondary N) is 2. The number of carbonyl (C=O) groups excluding carboxylic acids is 1. The molecule has 2 aliphatic heterocycles. The Kier molecular flexibility index (Phi) is 4.04. The van der Waals surface area contributed by atoms with Crippen LogP contribution in [-0.2, 0) is 5.54 Å². The van der Waals surface area contributed by atoms with Gasteiger partial charge in [-0.2, -0.15) is 0 Å². The van der Waals surface area contributed by atoms with Crippen LogP contribution in [0.2, 0.25) is 0 Å². The molecule has 2 aromatic carbocycles. The Bertz CT molecular complexity index is 1090. The molecule has 0 atom stereocenters. The summed E-state index contributed by atoms with van der Waals surface area (Å²) in [6.45, 7) is 1.05. The average molecular weight is 394 g/mol. The Hall–Kier alpha value is -3.35. The number of halogens is 2. The minimum Gasteiger partial charge on any atom is -0.372 e. The van der Waals surface area contributed by atoms with E-state index in [2.05, 4.69) is 39.6 Å². The van der Waals surface area contributed by atoms with Crippen molar-refractivity contribution in [3.8, 4) is 5.69 Å². The molecule has 3 aromatic rings. The molecule has 2 aliphatic rings. The van der Waals surface area contributed by atoms with E-state index in [-0.39, 0.29) is 17.3 Å². The van der Waals surface area contributed by atoms with Crippen LogP contribution in [0.5, 0.6) is 0 Å². The molecule has 5 nitrogen and oxygen atoms in total. The number of amides is 2. The number of carbonyl (C=O) groups is 1. The zero-order valence-electron chi connectivity index (χ0n) is 15.7. The van der Waals surface area contributed by atoms with Gasteiger partial charge in [0.25, 0.3) is 0 Å². The van der Waals surface area contributed by atoms with E-state index < -0.39 is 11.6 Å². The van der Waals surface area contributed by atoms with Crippen molar-refractivity contribution in [1.29, 1.82) is 0 Å². The third-order valence-corrected chi connectivity index (χ3v) is 5.85. The molecule has 29 heavy (non-hydrogen) atoms. The molecule has 3 heterocycles. The molecule has 1 aromatic heterocycles. The van der Waals surface area contributed by atoms with Crippen molar-refractivity contribution in [2.24, 2.45) is 0 Å². The Morgan fingerprint density at radius 1 is 1.03 bits per heavy atom. The van der Waals surface area contributed by atoms with Crippen LogP contribution in [0.25, 0.3) is 5.69 Å². The van der Waals surface area contributed by atoms with Crippen molar-refractivity contribution in [2.75, 3.05) is 23.7 Å². The van der Waals surface area contributed by atoms with Crippen molar-refractivity contribution < 1.29 is 13.6 Å². The Balaban J connectivity index is 1.34. The molecule has 0 saturated carbocycles. The van der Waals surface area contributed by atoms with E-state index in [1.54, 1.807) is 4.90 Å². The van der Waals surface area contributed by atoms with Crippen LogP contribution in [-0.4, -0.2) is 28.6 Å². The van der Waals surface area contributed by atoms with E-state index in [0.29, 0.717) is 13.1 Å². The maximum atomic E-state index is 13.8. The van der Waals surface area contributed by atoms with Gasteiger partial charge in [0.2, 0.25) is 0 Å². The van der Waals surface area contributed by atoms with Gasteiger partial charge in [-0.3, -0.25) is 0 Å². The molecule has 5 rings (SSSR count). The number of benzene rings is 2. The Morgan fingerprint density at radius 2 is 1.83 bits per heavy atom. The van der Waals surface area contributed by atoms with Gasteiger partial charge >= 0.3 is 6.03 Å². The van der Waals surface area contributed by atoms with Gasteiger partial charge in [-0.1, -0.05) is 12.1 Å². The number of hydrogen-bond donors (Lipinski definition) is 2. The van der Waals surface area contributed by atoms with Crippen LogP contribution in [0.4, 0.5) is 25.0 Å². The number of hydrogen-bond acceptors (Lipinski definition) is 2. The summed E-state index contributed by atoms with van der Waals surface area (Å²) in [4.78, 5) is 14.3. The summed E-state index contributed by atoms with van der Waals surface area (Å²) in [7, 11) is 0. The van der Waals surface area contributed by atoms with Gasteiger partial charge in [0.1, 0.15) is 11.6 Å². The van der Waals surface area contributed by atoms with Crippen molar-refractivity contribution in [3.05, 3.63) is 78.1 Å². The molecular formula is C22H20F2N4O. The minimum absolute atomic E-state index is 0.0183. The van der Waals surface area contributed by atoms with Gasteiger partial charge < -0.3 is 20.1 Å². The number of urea groups is 1. The highest BCUT2D eigenvalue weighted by molar-refractivity contribution is 5.89. The Morgan fingerprint density at radius 3 is 2.62 bits per heavy atom. The molecular weight excluding hydrogens is 374 g/mol. The van der Waals surface area contributed by atoms with Gasteiger partial charge in [-0.05, 0) is 49.2 Å². The molecule has 1 spiro atoms. The highest BCUT2D eigenvalue weighted by atomic mass is 19.1. The molecule has 0 bridgehead atoms. The lowest BCUT2D eigenvalue weighted by Gasteiger charge is -2.46. The summed E-state index contributed by atoms with van der Waals surface area (Å²) in [6.07, 6.45) is 3.52. The van der Waals surface area contributed by atoms with Crippen LogP contribution in [0, 0.1) is 11.6 Å². The van der Waals surface area contributed by atoms with Crippen molar-refractivity contribution in [3.63, 3.8) is 0 Å². The largest absolute Gasteiger partial charge is 0.372 e. The van der Waals surface area contributed by atoms with E-state index in [9.17, 15) is 13.6 Å². The molecule has 0 radical (unpaired) electrons. The summed E-state index contributed by atoms with van der Waals surface area (Å²) < 4.78 is 29.1. The van der Waals surface area contributed by atoms with Gasteiger partial charge in [0, 0.05) is 31.0 Å². The van der Waals surface area contributed by atoms with Crippen LogP contribution < -0.4 is 10.6 Å². The quantitative estimate of drug-likeness (QED) is 0.628. The number of rotatable bonds is 1. The highest BCUT2D eigenvalue weighted by Gasteiger charge is 2.42.